The average Bonchev–Trinajstić information content (AvgIpc) is 3.63. The lowest BCUT2D eigenvalue weighted by molar-refractivity contribution is -0.122. The van der Waals surface area contributed by atoms with Crippen LogP contribution < -0.4 is 10.2 Å². The summed E-state index contributed by atoms with van der Waals surface area (Å²) < 4.78 is 2.02. The number of carbonyl (C=O) groups excluding carboxylic acids is 2. The number of carbonyl (C=O) groups is 2. The molecule has 7 rings (SSSR count). The van der Waals surface area contributed by atoms with E-state index < -0.39 is 11.8 Å². The van der Waals surface area contributed by atoms with Crippen molar-refractivity contribution in [2.24, 2.45) is 7.05 Å². The minimum Gasteiger partial charge on any atom is -0.352 e. The highest BCUT2D eigenvalue weighted by Crippen LogP contribution is 2.38. The molecule has 2 aliphatic rings. The van der Waals surface area contributed by atoms with Gasteiger partial charge in [-0.1, -0.05) is 18.2 Å². The fourth-order valence-corrected chi connectivity index (χ4v) is 5.75. The predicted molar refractivity (Wildman–Crippen MR) is 134 cm³/mol. The number of imide groups is 1. The fraction of sp³-hybridized carbons (Fsp3) is 0.160. The van der Waals surface area contributed by atoms with Gasteiger partial charge in [-0.25, -0.2) is 15.0 Å². The van der Waals surface area contributed by atoms with E-state index >= 15 is 0 Å². The first-order chi connectivity index (χ1) is 17.1. The Bertz CT molecular complexity index is 1720. The summed E-state index contributed by atoms with van der Waals surface area (Å²) in [6.07, 6.45) is 4.40. The molecule has 0 saturated heterocycles. The Morgan fingerprint density at radius 1 is 1.03 bits per heavy atom. The molecule has 35 heavy (non-hydrogen) atoms. The molecule has 5 aromatic rings. The van der Waals surface area contributed by atoms with Crippen LogP contribution in [0.25, 0.3) is 32.3 Å². The smallest absolute Gasteiger partial charge is 0.261 e. The van der Waals surface area contributed by atoms with Gasteiger partial charge < -0.3 is 14.5 Å². The van der Waals surface area contributed by atoms with Crippen molar-refractivity contribution in [3.05, 3.63) is 70.9 Å². The molecule has 0 spiro atoms. The lowest BCUT2D eigenvalue weighted by atomic mass is 9.97. The maximum absolute atomic E-state index is 13.2. The number of imidazole rings is 1. The van der Waals surface area contributed by atoms with E-state index in [0.717, 1.165) is 38.9 Å². The summed E-state index contributed by atoms with van der Waals surface area (Å²) in [6, 6.07) is 9.55. The van der Waals surface area contributed by atoms with E-state index in [1.54, 1.807) is 17.5 Å². The van der Waals surface area contributed by atoms with E-state index in [0.29, 0.717) is 35.9 Å². The van der Waals surface area contributed by atoms with Crippen molar-refractivity contribution in [3.63, 3.8) is 0 Å². The predicted octanol–water partition coefficient (Wildman–Crippen LogP) is 3.04. The molecule has 1 aromatic carbocycles. The molecular formula is C25H19N7O2S. The van der Waals surface area contributed by atoms with Crippen molar-refractivity contribution in [2.75, 3.05) is 11.4 Å². The number of fused-ring (bicyclic) bond motifs is 3. The third-order valence-corrected chi connectivity index (χ3v) is 7.57. The minimum atomic E-state index is -0.447. The number of benzene rings is 1. The molecule has 0 aliphatic carbocycles. The minimum absolute atomic E-state index is 0.278. The highest BCUT2D eigenvalue weighted by atomic mass is 32.1. The topological polar surface area (TPSA) is 109 Å². The van der Waals surface area contributed by atoms with Crippen LogP contribution in [0.4, 0.5) is 5.95 Å². The van der Waals surface area contributed by atoms with Crippen molar-refractivity contribution in [2.45, 2.75) is 13.0 Å². The number of amides is 2. The van der Waals surface area contributed by atoms with Gasteiger partial charge in [0.1, 0.15) is 4.83 Å². The number of nitrogens with zero attached hydrogens (tertiary/aromatic N) is 5. The number of nitrogens with one attached hydrogen (secondary N) is 2. The zero-order valence-electron chi connectivity index (χ0n) is 18.7. The van der Waals surface area contributed by atoms with Crippen LogP contribution in [-0.4, -0.2) is 42.9 Å². The summed E-state index contributed by atoms with van der Waals surface area (Å²) in [4.78, 5) is 46.7. The number of aromatic nitrogens is 5. The number of rotatable bonds is 3. The third-order valence-electron chi connectivity index (χ3n) is 6.72. The number of hydrogen-bond donors (Lipinski definition) is 2. The molecule has 2 amide bonds. The van der Waals surface area contributed by atoms with Crippen molar-refractivity contribution in [3.8, 4) is 0 Å². The fourth-order valence-electron chi connectivity index (χ4n) is 4.98. The monoisotopic (exact) mass is 481 g/mol. The number of anilines is 1. The number of hydrogen-bond acceptors (Lipinski definition) is 7. The lowest BCUT2D eigenvalue weighted by Crippen LogP contribution is -2.33. The van der Waals surface area contributed by atoms with Crippen LogP contribution in [0, 0.1) is 0 Å². The normalized spacial score (nSPS) is 16.0. The van der Waals surface area contributed by atoms with Crippen LogP contribution in [0.5, 0.6) is 0 Å². The van der Waals surface area contributed by atoms with Crippen molar-refractivity contribution in [1.82, 2.24) is 29.8 Å². The van der Waals surface area contributed by atoms with E-state index in [1.165, 1.54) is 0 Å². The molecule has 0 fully saturated rings. The van der Waals surface area contributed by atoms with Gasteiger partial charge in [0, 0.05) is 42.5 Å². The molecule has 172 valence electrons. The molecule has 4 aromatic heterocycles. The van der Waals surface area contributed by atoms with Crippen LogP contribution in [-0.2, 0) is 29.6 Å². The molecule has 0 saturated carbocycles. The van der Waals surface area contributed by atoms with Gasteiger partial charge in [-0.05, 0) is 17.5 Å². The molecule has 9 nitrogen and oxygen atoms in total. The zero-order chi connectivity index (χ0) is 23.7. The Hall–Kier alpha value is -4.31. The van der Waals surface area contributed by atoms with Crippen molar-refractivity contribution in [1.29, 1.82) is 0 Å². The van der Waals surface area contributed by atoms with Gasteiger partial charge in [-0.3, -0.25) is 14.9 Å². The number of H-pyrrole nitrogens is 1. The largest absolute Gasteiger partial charge is 0.352 e. The summed E-state index contributed by atoms with van der Waals surface area (Å²) in [5.41, 5.74) is 4.70. The molecule has 0 bridgehead atoms. The number of aromatic amines is 1. The van der Waals surface area contributed by atoms with Crippen LogP contribution in [0.1, 0.15) is 22.6 Å². The second kappa shape index (κ2) is 7.34. The van der Waals surface area contributed by atoms with Gasteiger partial charge in [0.15, 0.2) is 0 Å². The van der Waals surface area contributed by atoms with E-state index in [-0.39, 0.29) is 5.57 Å². The summed E-state index contributed by atoms with van der Waals surface area (Å²) in [5, 5.41) is 6.09. The number of para-hydroxylation sites is 1. The van der Waals surface area contributed by atoms with Gasteiger partial charge in [0.05, 0.1) is 46.6 Å². The first-order valence-electron chi connectivity index (χ1n) is 11.2. The highest BCUT2D eigenvalue weighted by Gasteiger charge is 2.36. The van der Waals surface area contributed by atoms with Gasteiger partial charge in [-0.2, -0.15) is 0 Å². The maximum Gasteiger partial charge on any atom is 0.261 e. The standard InChI is InChI=1S/C25H19N7O2S/c1-31-12-27-17-6-8-32(11-18(17)31)25-28-16-5-3-2-4-14(16)21(29-25)20-19(22(33)30-23(20)34)15-10-26-24-13(15)7-9-35-24/h2-5,7,9-10,12,26H,6,8,11H2,1H3,(H,30,33,34). The van der Waals surface area contributed by atoms with Crippen LogP contribution in [0.15, 0.2) is 48.2 Å². The summed E-state index contributed by atoms with van der Waals surface area (Å²) in [7, 11) is 1.98. The number of thiophene rings is 1. The molecule has 0 unspecified atom stereocenters. The number of aryl methyl sites for hydroxylation is 1. The van der Waals surface area contributed by atoms with Gasteiger partial charge in [0.2, 0.25) is 5.95 Å². The molecule has 6 heterocycles. The molecule has 2 N–H and O–H groups in total. The average molecular weight is 482 g/mol. The Morgan fingerprint density at radius 3 is 2.80 bits per heavy atom. The Balaban J connectivity index is 1.45. The molecule has 2 aliphatic heterocycles. The molecule has 0 radical (unpaired) electrons. The van der Waals surface area contributed by atoms with Crippen LogP contribution in [0.2, 0.25) is 0 Å². The highest BCUT2D eigenvalue weighted by molar-refractivity contribution is 7.16. The van der Waals surface area contributed by atoms with Crippen molar-refractivity contribution >= 4 is 61.4 Å². The molecular weight excluding hydrogens is 462 g/mol. The van der Waals surface area contributed by atoms with Gasteiger partial charge in [-0.15, -0.1) is 11.3 Å². The second-order valence-electron chi connectivity index (χ2n) is 8.71. The maximum atomic E-state index is 13.2. The zero-order valence-corrected chi connectivity index (χ0v) is 19.5. The first kappa shape index (κ1) is 20.1. The molecule has 10 heteroatoms. The van der Waals surface area contributed by atoms with Crippen LogP contribution in [0.3, 0.4) is 0 Å². The quantitative estimate of drug-likeness (QED) is 0.384. The van der Waals surface area contributed by atoms with E-state index in [2.05, 4.69) is 20.2 Å². The Kier molecular flexibility index (Phi) is 4.22. The van der Waals surface area contributed by atoms with E-state index in [1.807, 2.05) is 53.7 Å². The SMILES string of the molecule is Cn1cnc2c1CN(c1nc(C3=C(c4c[nH]c5sccc45)C(=O)NC3=O)c3ccccc3n1)CC2. The van der Waals surface area contributed by atoms with Crippen LogP contribution >= 0.6 is 11.3 Å². The van der Waals surface area contributed by atoms with Gasteiger partial charge in [0.25, 0.3) is 11.8 Å². The first-order valence-corrected chi connectivity index (χ1v) is 12.1. The second-order valence-corrected chi connectivity index (χ2v) is 9.62. The van der Waals surface area contributed by atoms with Gasteiger partial charge >= 0.3 is 0 Å². The summed E-state index contributed by atoms with van der Waals surface area (Å²) >= 11 is 1.55. The summed E-state index contributed by atoms with van der Waals surface area (Å²) in [5.74, 6) is -0.338. The Labute approximate surface area is 203 Å². The van der Waals surface area contributed by atoms with Crippen molar-refractivity contribution < 1.29 is 9.59 Å². The molecule has 0 atom stereocenters. The third kappa shape index (κ3) is 2.96. The summed E-state index contributed by atoms with van der Waals surface area (Å²) in [6.45, 7) is 1.33. The van der Waals surface area contributed by atoms with E-state index in [4.69, 9.17) is 9.97 Å². The van der Waals surface area contributed by atoms with E-state index in [9.17, 15) is 9.59 Å². The Morgan fingerprint density at radius 2 is 1.89 bits per heavy atom. The lowest BCUT2D eigenvalue weighted by Gasteiger charge is -2.27.